The van der Waals surface area contributed by atoms with Crippen molar-refractivity contribution < 1.29 is 20.4 Å². The molecule has 8 bridgehead atoms. The molecule has 0 unspecified atom stereocenters. The summed E-state index contributed by atoms with van der Waals surface area (Å²) in [6.07, 6.45) is 8.10. The topological polar surface area (TPSA) is 57.4 Å². The van der Waals surface area contributed by atoms with Crippen molar-refractivity contribution >= 4 is 110 Å². The molecule has 9 heteroatoms. The van der Waals surface area contributed by atoms with E-state index in [4.69, 9.17) is 9.97 Å². The van der Waals surface area contributed by atoms with E-state index in [1.807, 2.05) is 48.6 Å². The number of rotatable bonds is 1. The van der Waals surface area contributed by atoms with Crippen molar-refractivity contribution in [3.63, 3.8) is 0 Å². The zero-order valence-corrected chi connectivity index (χ0v) is 25.5. The van der Waals surface area contributed by atoms with Crippen LogP contribution in [-0.4, -0.2) is 19.9 Å². The van der Waals surface area contributed by atoms with Crippen LogP contribution < -0.4 is 0 Å². The van der Waals surface area contributed by atoms with Gasteiger partial charge in [-0.15, -0.1) is 0 Å². The van der Waals surface area contributed by atoms with Gasteiger partial charge in [0.2, 0.25) is 0 Å². The second kappa shape index (κ2) is 10.0. The van der Waals surface area contributed by atoms with Crippen molar-refractivity contribution in [3.05, 3.63) is 89.2 Å². The van der Waals surface area contributed by atoms with Crippen molar-refractivity contribution in [2.75, 3.05) is 0 Å². The molecule has 2 aliphatic rings. The van der Waals surface area contributed by atoms with Gasteiger partial charge in [-0.2, -0.15) is 0 Å². The Morgan fingerprint density at radius 2 is 1.06 bits per heavy atom. The summed E-state index contributed by atoms with van der Waals surface area (Å²) in [5, 5.41) is 0. The van der Waals surface area contributed by atoms with Crippen LogP contribution in [0.5, 0.6) is 0 Å². The molecule has 176 valence electrons. The third-order valence-electron chi connectivity index (χ3n) is 5.56. The summed E-state index contributed by atoms with van der Waals surface area (Å²) < 4.78 is 3.82. The summed E-state index contributed by atoms with van der Waals surface area (Å²) in [6.45, 7) is 0. The second-order valence-corrected chi connectivity index (χ2v) is 11.2. The van der Waals surface area contributed by atoms with E-state index in [0.29, 0.717) is 0 Å². The fourth-order valence-corrected chi connectivity index (χ4v) is 6.23. The average Bonchev–Trinajstić information content (AvgIpc) is 3.60. The first-order valence-corrected chi connectivity index (χ1v) is 13.5. The Bertz CT molecular complexity index is 1720. The SMILES string of the molecule is Brc1cc(-c2cc3cc4nc(cc5ccc(cc6nc(cc2[nH]3)C=C6)[nH]5)C=C4)c(Br)c(Br)c1Br.[Pd]. The Balaban J connectivity index is 0.00000253. The largest absolute Gasteiger partial charge is 0.355 e. The number of hydrogen-bond donors (Lipinski definition) is 2. The molecule has 0 aliphatic carbocycles. The zero-order valence-electron chi connectivity index (χ0n) is 17.7. The molecule has 0 atom stereocenters. The Kier molecular flexibility index (Phi) is 7.19. The van der Waals surface area contributed by atoms with E-state index < -0.39 is 0 Å². The molecule has 0 saturated carbocycles. The van der Waals surface area contributed by atoms with Crippen LogP contribution in [0.2, 0.25) is 0 Å². The number of aromatic amines is 2. The van der Waals surface area contributed by atoms with Crippen molar-refractivity contribution in [2.24, 2.45) is 0 Å². The monoisotopic (exact) mass is 804 g/mol. The Morgan fingerprint density at radius 3 is 1.66 bits per heavy atom. The summed E-state index contributed by atoms with van der Waals surface area (Å²) in [4.78, 5) is 16.5. The molecular formula is C26H14Br4N4Pd. The molecule has 1 aromatic carbocycles. The molecular weight excluding hydrogens is 794 g/mol. The molecule has 4 aromatic rings. The van der Waals surface area contributed by atoms with E-state index in [1.165, 1.54) is 0 Å². The van der Waals surface area contributed by atoms with Gasteiger partial charge < -0.3 is 9.97 Å². The molecule has 0 amide bonds. The van der Waals surface area contributed by atoms with Crippen LogP contribution in [0.3, 0.4) is 0 Å². The maximum atomic E-state index is 4.80. The summed E-state index contributed by atoms with van der Waals surface area (Å²) in [7, 11) is 0. The fraction of sp³-hybridized carbons (Fsp3) is 0. The van der Waals surface area contributed by atoms with Crippen molar-refractivity contribution in [3.8, 4) is 11.1 Å². The van der Waals surface area contributed by atoms with Gasteiger partial charge in [-0.05, 0) is 137 Å². The molecule has 35 heavy (non-hydrogen) atoms. The first-order chi connectivity index (χ1) is 16.4. The minimum absolute atomic E-state index is 0. The minimum atomic E-state index is 0. The molecule has 5 heterocycles. The van der Waals surface area contributed by atoms with Crippen molar-refractivity contribution in [2.45, 2.75) is 0 Å². The molecule has 0 spiro atoms. The Hall–Kier alpha value is -1.60. The van der Waals surface area contributed by atoms with Gasteiger partial charge in [-0.3, -0.25) is 0 Å². The van der Waals surface area contributed by atoms with Crippen LogP contribution in [0.4, 0.5) is 0 Å². The maximum Gasteiger partial charge on any atom is 0.0658 e. The molecule has 2 N–H and O–H groups in total. The summed E-state index contributed by atoms with van der Waals surface area (Å²) in [5.74, 6) is 0. The molecule has 2 aliphatic heterocycles. The third-order valence-corrected chi connectivity index (χ3v) is 10.2. The molecule has 6 rings (SSSR count). The predicted octanol–water partition coefficient (Wildman–Crippen LogP) is 9.37. The third kappa shape index (κ3) is 5.00. The molecule has 0 radical (unpaired) electrons. The minimum Gasteiger partial charge on any atom is -0.355 e. The Morgan fingerprint density at radius 1 is 0.514 bits per heavy atom. The average molecular weight is 808 g/mol. The number of H-pyrrole nitrogens is 2. The van der Waals surface area contributed by atoms with Gasteiger partial charge in [0.15, 0.2) is 0 Å². The van der Waals surface area contributed by atoms with Crippen LogP contribution >= 0.6 is 63.7 Å². The normalized spacial score (nSPS) is 12.1. The summed E-state index contributed by atoms with van der Waals surface area (Å²) >= 11 is 14.7. The summed E-state index contributed by atoms with van der Waals surface area (Å²) in [6, 6.07) is 16.5. The predicted molar refractivity (Wildman–Crippen MR) is 155 cm³/mol. The number of hydrogen-bond acceptors (Lipinski definition) is 2. The molecule has 3 aromatic heterocycles. The first-order valence-electron chi connectivity index (χ1n) is 10.3. The van der Waals surface area contributed by atoms with E-state index in [-0.39, 0.29) is 20.4 Å². The van der Waals surface area contributed by atoms with E-state index in [1.54, 1.807) is 0 Å². The van der Waals surface area contributed by atoms with Gasteiger partial charge in [0, 0.05) is 71.5 Å². The smallest absolute Gasteiger partial charge is 0.0658 e. The molecule has 4 nitrogen and oxygen atoms in total. The van der Waals surface area contributed by atoms with Gasteiger partial charge in [-0.25, -0.2) is 9.97 Å². The van der Waals surface area contributed by atoms with Gasteiger partial charge in [0.1, 0.15) is 0 Å². The Labute approximate surface area is 248 Å². The summed E-state index contributed by atoms with van der Waals surface area (Å²) in [5.41, 5.74) is 9.59. The standard InChI is InChI=1S/C26H14Br4N4.Pd/c27-22-12-21(24(28)26(30)25(22)29)20-10-19-9-17-4-3-15(32-17)7-13-1-2-14(31-13)8-16-5-6-18(33-16)11-23(20)34-19;/h1-12,31,34H;. The number of aromatic nitrogens is 4. The number of fused-ring (bicyclic) bond motifs is 8. The van der Waals surface area contributed by atoms with Crippen molar-refractivity contribution in [1.82, 2.24) is 19.9 Å². The molecule has 0 saturated heterocycles. The van der Waals surface area contributed by atoms with E-state index in [9.17, 15) is 0 Å². The van der Waals surface area contributed by atoms with Crippen molar-refractivity contribution in [1.29, 1.82) is 0 Å². The quantitative estimate of drug-likeness (QED) is 0.0989. The molecule has 0 fully saturated rings. The first kappa shape index (κ1) is 25.1. The zero-order chi connectivity index (χ0) is 23.4. The van der Waals surface area contributed by atoms with E-state index in [2.05, 4.69) is 98.0 Å². The fourth-order valence-electron chi connectivity index (χ4n) is 4.01. The van der Waals surface area contributed by atoms with Crippen LogP contribution in [0, 0.1) is 0 Å². The maximum absolute atomic E-state index is 4.80. The van der Waals surface area contributed by atoms with Gasteiger partial charge in [0.25, 0.3) is 0 Å². The van der Waals surface area contributed by atoms with Gasteiger partial charge >= 0.3 is 0 Å². The van der Waals surface area contributed by atoms with Crippen LogP contribution in [0.25, 0.3) is 57.5 Å². The number of halogens is 4. The number of nitrogens with one attached hydrogen (secondary N) is 2. The van der Waals surface area contributed by atoms with Crippen LogP contribution in [-0.2, 0) is 20.4 Å². The number of nitrogens with zero attached hydrogens (tertiary/aromatic N) is 2. The van der Waals surface area contributed by atoms with Gasteiger partial charge in [-0.1, -0.05) is 0 Å². The number of benzene rings is 1. The van der Waals surface area contributed by atoms with E-state index in [0.717, 1.165) is 73.9 Å². The van der Waals surface area contributed by atoms with Gasteiger partial charge in [0.05, 0.1) is 22.8 Å². The van der Waals surface area contributed by atoms with E-state index >= 15 is 0 Å². The second-order valence-electron chi connectivity index (χ2n) is 7.94. The van der Waals surface area contributed by atoms with Crippen LogP contribution in [0.1, 0.15) is 22.8 Å². The van der Waals surface area contributed by atoms with Crippen LogP contribution in [0.15, 0.2) is 66.4 Å².